The Balaban J connectivity index is 0.000000192. The number of aromatic hydroxyl groups is 5. The maximum atomic E-state index is 12.7. The molecule has 1 saturated carbocycles. The van der Waals surface area contributed by atoms with Crippen molar-refractivity contribution in [2.24, 2.45) is 36.6 Å². The molecule has 0 aliphatic heterocycles. The first-order valence-corrected chi connectivity index (χ1v) is 40.5. The highest BCUT2D eigenvalue weighted by Crippen LogP contribution is 2.43. The predicted octanol–water partition coefficient (Wildman–Crippen LogP) is 16.2. The standard InChI is InChI=1S/C32H27ClN8O.C29H23N5O6S2.C26H26O11.CO2/c1-19-3-16-27(33)28(17-19)39-41-32-30(34)20(2)18-29(31(32)35)40-38-24-10-6-22(7-11-24)21-4-8-23(9-5-21)36-37-25-12-14-26(42)15-13-25;35-27-18-26(33-21-9-13-24(14-10-21)42(39,40)34-29-6-2-4-16-31-29)28(36)17-25(27)32-20-7-11-23(12-8-20)41(37,38)19-22-5-1-3-15-30-22;1-14-12-26(25(34)35,37-23(33)9-5-16-3-7-18(28)20(30)11-16)13-21(31)24(14)36-22(32)8-4-15-2-6-17(27)19(29)10-15;2-1-3/h3-18,42H,34-35H2,1-2H3;1-18,32-33H,19H2,(H,31,34);2-11,14,21,24,27-31H,12-13H2,1H3,(H,34,35);/b;;8-4+,9-5+;/t;;14-,21-,24?,26-;/m..1./s1. The number of carbonyl (C=O) groups excluding carboxylic acids is 6. The van der Waals surface area contributed by atoms with E-state index in [0.29, 0.717) is 67.3 Å². The quantitative estimate of drug-likeness (QED) is 0.00667. The lowest BCUT2D eigenvalue weighted by atomic mass is 9.75. The second-order valence-electron chi connectivity index (χ2n) is 27.4. The summed E-state index contributed by atoms with van der Waals surface area (Å²) in [4.78, 5) is 86.5. The summed E-state index contributed by atoms with van der Waals surface area (Å²) in [6, 6.07) is 58.3. The number of nitrogens with two attached hydrogens (primary N) is 2. The number of nitrogens with one attached hydrogen (secondary N) is 3. The van der Waals surface area contributed by atoms with Gasteiger partial charge in [-0.1, -0.05) is 73.1 Å². The van der Waals surface area contributed by atoms with Crippen LogP contribution in [0.15, 0.2) is 307 Å². The molecule has 124 heavy (non-hydrogen) atoms. The molecule has 14 N–H and O–H groups in total. The van der Waals surface area contributed by atoms with E-state index >= 15 is 0 Å². The van der Waals surface area contributed by atoms with E-state index in [9.17, 15) is 76.6 Å². The van der Waals surface area contributed by atoms with Crippen LogP contribution in [0.5, 0.6) is 28.7 Å². The number of aliphatic carboxylic acids is 1. The Morgan fingerprint density at radius 2 is 1.07 bits per heavy atom. The number of benzene rings is 9. The highest BCUT2D eigenvalue weighted by atomic mass is 35.5. The number of nitrogen functional groups attached to an aromatic ring is 2. The van der Waals surface area contributed by atoms with Gasteiger partial charge in [-0.25, -0.2) is 36.2 Å². The Labute approximate surface area is 713 Å². The van der Waals surface area contributed by atoms with Gasteiger partial charge in [-0.15, -0.1) is 15.3 Å². The first-order valence-electron chi connectivity index (χ1n) is 36.9. The van der Waals surface area contributed by atoms with Gasteiger partial charge >= 0.3 is 24.1 Å². The lowest BCUT2D eigenvalue weighted by Gasteiger charge is -2.42. The number of phenolic OH excluding ortho intramolecular Hbond substituents is 5. The lowest BCUT2D eigenvalue weighted by Crippen LogP contribution is -2.56. The zero-order valence-electron chi connectivity index (χ0n) is 65.6. The molecule has 632 valence electrons. The van der Waals surface area contributed by atoms with Crippen LogP contribution >= 0.6 is 11.6 Å². The van der Waals surface area contributed by atoms with Gasteiger partial charge < -0.3 is 67.3 Å². The van der Waals surface area contributed by atoms with Crippen molar-refractivity contribution < 1.29 is 95.6 Å². The van der Waals surface area contributed by atoms with Gasteiger partial charge in [0.1, 0.15) is 34.7 Å². The number of sulfonamides is 1. The van der Waals surface area contributed by atoms with Gasteiger partial charge in [-0.2, -0.15) is 24.9 Å². The number of aliphatic hydroxyl groups is 1. The molecular weight excluding hydrogens is 1660 g/mol. The Morgan fingerprint density at radius 1 is 0.573 bits per heavy atom. The van der Waals surface area contributed by atoms with Crippen LogP contribution in [-0.2, 0) is 68.6 Å². The monoisotopic (exact) mass is 1730 g/mol. The Bertz CT molecular complexity index is 6130. The maximum absolute atomic E-state index is 12.7. The van der Waals surface area contributed by atoms with Crippen molar-refractivity contribution in [3.05, 3.63) is 299 Å². The molecule has 1 fully saturated rings. The normalized spacial score (nSPS) is 15.7. The second kappa shape index (κ2) is 41.3. The van der Waals surface area contributed by atoms with E-state index in [0.717, 1.165) is 52.2 Å². The molecule has 36 heteroatoms. The zero-order valence-corrected chi connectivity index (χ0v) is 68.0. The number of rotatable bonds is 24. The number of allylic oxidation sites excluding steroid dienone is 2. The van der Waals surface area contributed by atoms with Gasteiger partial charge in [0.15, 0.2) is 32.8 Å². The predicted molar refractivity (Wildman–Crippen MR) is 459 cm³/mol. The van der Waals surface area contributed by atoms with Crippen molar-refractivity contribution in [3.63, 3.8) is 0 Å². The molecule has 1 unspecified atom stereocenters. The average Bonchev–Trinajstić information content (AvgIpc) is 0.779. The van der Waals surface area contributed by atoms with Crippen molar-refractivity contribution in [1.29, 1.82) is 0 Å². The molecule has 33 nitrogen and oxygen atoms in total. The van der Waals surface area contributed by atoms with E-state index in [2.05, 4.69) is 56.0 Å². The molecule has 4 atom stereocenters. The molecule has 2 heterocycles. The van der Waals surface area contributed by atoms with Crippen molar-refractivity contribution >= 4 is 142 Å². The number of halogens is 1. The number of phenols is 5. The SMILES string of the molecule is C[C@@H]1C[C@](OC(=O)/C=C/c2ccc(O)c(O)c2)(C(=O)O)C[C@@H](O)C1OC(=O)/C=C/c1ccc(O)c(O)c1.Cc1ccc(Cl)c(N=Nc2c(N)c(C)cc(N=Nc3ccc(-c4ccc(N=Nc5ccc(O)cc5)cc4)cc3)c2N)c1.O=C1C=C(Nc2ccc(S(=O)(=O)Nc3ccccn3)cc2)C(=O)C=C1Nc1ccc(S(=O)(=O)Cc2ccccn2)cc1.O=C=O. The molecule has 0 amide bonds. The van der Waals surface area contributed by atoms with Crippen LogP contribution in [0.3, 0.4) is 0 Å². The minimum absolute atomic E-state index is 0.00345. The number of sulfone groups is 1. The summed E-state index contributed by atoms with van der Waals surface area (Å²) in [6.07, 6.45) is 6.77. The number of aliphatic hydroxyl groups excluding tert-OH is 1. The van der Waals surface area contributed by atoms with Crippen LogP contribution in [-0.4, -0.2) is 116 Å². The number of esters is 2. The summed E-state index contributed by atoms with van der Waals surface area (Å²) in [5.74, 6) is -6.32. The van der Waals surface area contributed by atoms with E-state index in [-0.39, 0.29) is 74.0 Å². The highest BCUT2D eigenvalue weighted by Gasteiger charge is 2.53. The largest absolute Gasteiger partial charge is 0.508 e. The fraction of sp³-hybridized carbons (Fsp3) is 0.114. The van der Waals surface area contributed by atoms with Gasteiger partial charge in [0.05, 0.1) is 72.2 Å². The van der Waals surface area contributed by atoms with Crippen molar-refractivity contribution in [3.8, 4) is 39.9 Å². The number of carbonyl (C=O) groups is 5. The topological polar surface area (TPSA) is 536 Å². The van der Waals surface area contributed by atoms with Gasteiger partial charge in [-0.05, 0) is 223 Å². The number of ketones is 2. The number of pyridine rings is 2. The second-order valence-corrected chi connectivity index (χ2v) is 31.5. The number of aryl methyl sites for hydroxylation is 2. The fourth-order valence-corrected chi connectivity index (χ4v) is 14.4. The number of carboxylic acid groups (broad SMARTS) is 1. The third-order valence-corrected chi connectivity index (χ3v) is 21.6. The van der Waals surface area contributed by atoms with E-state index in [1.54, 1.807) is 73.7 Å². The number of ether oxygens (including phenoxy) is 2. The summed E-state index contributed by atoms with van der Waals surface area (Å²) in [5.41, 5.74) is 20.3. The Kier molecular flexibility index (Phi) is 30.2. The molecule has 0 spiro atoms. The Hall–Kier alpha value is -15.7. The molecule has 0 radical (unpaired) electrons. The zero-order chi connectivity index (χ0) is 89.4. The minimum Gasteiger partial charge on any atom is -0.508 e. The number of azo groups is 3. The number of hydrogen-bond acceptors (Lipinski definition) is 31. The maximum Gasteiger partial charge on any atom is 0.373 e. The first-order chi connectivity index (χ1) is 59.2. The molecule has 0 bridgehead atoms. The summed E-state index contributed by atoms with van der Waals surface area (Å²) < 4.78 is 63.5. The smallest absolute Gasteiger partial charge is 0.373 e. The molecule has 9 aromatic carbocycles. The molecule has 11 aromatic rings. The highest BCUT2D eigenvalue weighted by molar-refractivity contribution is 7.92. The summed E-state index contributed by atoms with van der Waals surface area (Å²) in [6.45, 7) is 5.34. The van der Waals surface area contributed by atoms with Crippen LogP contribution < -0.4 is 26.8 Å². The first kappa shape index (κ1) is 90.6. The van der Waals surface area contributed by atoms with E-state index < -0.39 is 85.2 Å². The van der Waals surface area contributed by atoms with Gasteiger partial charge in [0.2, 0.25) is 17.2 Å². The molecule has 2 aliphatic carbocycles. The van der Waals surface area contributed by atoms with Crippen LogP contribution in [0.1, 0.15) is 47.7 Å². The van der Waals surface area contributed by atoms with Gasteiger partial charge in [0, 0.05) is 66.8 Å². The molecule has 0 saturated heterocycles. The summed E-state index contributed by atoms with van der Waals surface area (Å²) >= 11 is 6.25. The molecule has 2 aromatic heterocycles. The number of anilines is 5. The van der Waals surface area contributed by atoms with Crippen LogP contribution in [0.2, 0.25) is 5.02 Å². The third kappa shape index (κ3) is 25.0. The number of carboxylic acids is 1. The lowest BCUT2D eigenvalue weighted by molar-refractivity contribution is -0.199. The molecular formula is C88H76ClN13O20S2. The number of nitrogens with zero attached hydrogens (tertiary/aromatic N) is 8. The van der Waals surface area contributed by atoms with Crippen LogP contribution in [0.25, 0.3) is 23.3 Å². The average molecular weight is 1740 g/mol. The molecule has 2 aliphatic rings. The van der Waals surface area contributed by atoms with Crippen LogP contribution in [0.4, 0.5) is 62.7 Å². The number of aromatic nitrogens is 2. The van der Waals surface area contributed by atoms with E-state index in [1.807, 2.05) is 74.5 Å². The van der Waals surface area contributed by atoms with Crippen LogP contribution in [0, 0.1) is 19.8 Å². The van der Waals surface area contributed by atoms with E-state index in [4.69, 9.17) is 42.1 Å². The third-order valence-electron chi connectivity index (χ3n) is 18.3. The fourth-order valence-electron chi connectivity index (χ4n) is 12.0. The van der Waals surface area contributed by atoms with Gasteiger partial charge in [0.25, 0.3) is 10.0 Å². The van der Waals surface area contributed by atoms with Crippen molar-refractivity contribution in [1.82, 2.24) is 9.97 Å². The molecule has 13 rings (SSSR count). The minimum atomic E-state index is -3.88. The van der Waals surface area contributed by atoms with Gasteiger partial charge in [-0.3, -0.25) is 19.3 Å². The van der Waals surface area contributed by atoms with Crippen molar-refractivity contribution in [2.45, 2.75) is 67.0 Å². The summed E-state index contributed by atoms with van der Waals surface area (Å²) in [5, 5.41) is 99.5. The van der Waals surface area contributed by atoms with Crippen molar-refractivity contribution in [2.75, 3.05) is 26.8 Å². The number of hydrogen-bond donors (Lipinski definition) is 12. The summed E-state index contributed by atoms with van der Waals surface area (Å²) in [7, 11) is -7.50. The Morgan fingerprint density at radius 3 is 1.57 bits per heavy atom. The van der Waals surface area contributed by atoms with E-state index in [1.165, 1.54) is 116 Å².